The van der Waals surface area contributed by atoms with Crippen molar-refractivity contribution in [3.05, 3.63) is 35.4 Å². The van der Waals surface area contributed by atoms with Gasteiger partial charge in [0.15, 0.2) is 0 Å². The lowest BCUT2D eigenvalue weighted by Crippen LogP contribution is -2.35. The number of nitrogens with one attached hydrogen (secondary N) is 1. The molecular weight excluding hydrogens is 212 g/mol. The van der Waals surface area contributed by atoms with Crippen molar-refractivity contribution in [2.45, 2.75) is 38.4 Å². The standard InChI is InChI=1S/C14H18N2O/c1-10-4-2-3-5-11(10)9-16-13-6-7-15-12(13)8-14(16)17/h2-5,12-13,15H,6-9H2,1H3/t12-,13-/m0/s1. The first kappa shape index (κ1) is 10.8. The Labute approximate surface area is 102 Å². The van der Waals surface area contributed by atoms with Gasteiger partial charge in [-0.05, 0) is 31.0 Å². The molecule has 2 heterocycles. The van der Waals surface area contributed by atoms with Crippen LogP contribution in [0.1, 0.15) is 24.0 Å². The third-order valence-electron chi connectivity index (χ3n) is 4.03. The van der Waals surface area contributed by atoms with Crippen LogP contribution in [0.4, 0.5) is 0 Å². The summed E-state index contributed by atoms with van der Waals surface area (Å²) < 4.78 is 0. The lowest BCUT2D eigenvalue weighted by molar-refractivity contribution is -0.129. The third-order valence-corrected chi connectivity index (χ3v) is 4.03. The normalized spacial score (nSPS) is 27.6. The van der Waals surface area contributed by atoms with Crippen LogP contribution in [0, 0.1) is 6.92 Å². The van der Waals surface area contributed by atoms with Crippen molar-refractivity contribution in [2.24, 2.45) is 0 Å². The number of likely N-dealkylation sites (tertiary alicyclic amines) is 1. The molecule has 1 aromatic rings. The van der Waals surface area contributed by atoms with E-state index in [9.17, 15) is 4.79 Å². The largest absolute Gasteiger partial charge is 0.334 e. The molecule has 0 radical (unpaired) electrons. The Kier molecular flexibility index (Phi) is 2.63. The van der Waals surface area contributed by atoms with Crippen LogP contribution in [0.3, 0.4) is 0 Å². The first-order valence-corrected chi connectivity index (χ1v) is 6.33. The Bertz CT molecular complexity index is 444. The molecule has 2 aliphatic heterocycles. The summed E-state index contributed by atoms with van der Waals surface area (Å²) in [6, 6.07) is 9.14. The number of hydrogen-bond acceptors (Lipinski definition) is 2. The summed E-state index contributed by atoms with van der Waals surface area (Å²) >= 11 is 0. The Balaban J connectivity index is 1.81. The molecule has 3 rings (SSSR count). The molecule has 0 saturated carbocycles. The van der Waals surface area contributed by atoms with Crippen LogP contribution in [-0.4, -0.2) is 29.4 Å². The molecule has 0 spiro atoms. The fourth-order valence-corrected chi connectivity index (χ4v) is 3.00. The van der Waals surface area contributed by atoms with Crippen LogP contribution in [0.15, 0.2) is 24.3 Å². The number of benzene rings is 1. The van der Waals surface area contributed by atoms with E-state index in [0.717, 1.165) is 19.5 Å². The Morgan fingerprint density at radius 3 is 3.06 bits per heavy atom. The van der Waals surface area contributed by atoms with Gasteiger partial charge in [0.1, 0.15) is 0 Å². The summed E-state index contributed by atoms with van der Waals surface area (Å²) in [5.74, 6) is 0.301. The fraction of sp³-hybridized carbons (Fsp3) is 0.500. The van der Waals surface area contributed by atoms with Crippen LogP contribution < -0.4 is 5.32 Å². The number of amides is 1. The third kappa shape index (κ3) is 1.84. The van der Waals surface area contributed by atoms with Gasteiger partial charge in [-0.3, -0.25) is 4.79 Å². The molecule has 17 heavy (non-hydrogen) atoms. The van der Waals surface area contributed by atoms with E-state index in [4.69, 9.17) is 0 Å². The predicted molar refractivity (Wildman–Crippen MR) is 66.5 cm³/mol. The zero-order valence-corrected chi connectivity index (χ0v) is 10.1. The minimum atomic E-state index is 0.301. The van der Waals surface area contributed by atoms with Gasteiger partial charge in [0, 0.05) is 25.0 Å². The van der Waals surface area contributed by atoms with Gasteiger partial charge in [-0.25, -0.2) is 0 Å². The Morgan fingerprint density at radius 2 is 2.24 bits per heavy atom. The second-order valence-electron chi connectivity index (χ2n) is 5.07. The van der Waals surface area contributed by atoms with Crippen LogP contribution in [-0.2, 0) is 11.3 Å². The predicted octanol–water partition coefficient (Wildman–Crippen LogP) is 1.46. The van der Waals surface area contributed by atoms with E-state index < -0.39 is 0 Å². The first-order chi connectivity index (χ1) is 8.25. The van der Waals surface area contributed by atoms with Gasteiger partial charge in [0.05, 0.1) is 0 Å². The summed E-state index contributed by atoms with van der Waals surface area (Å²) in [5.41, 5.74) is 2.54. The van der Waals surface area contributed by atoms with E-state index in [1.165, 1.54) is 11.1 Å². The molecule has 3 nitrogen and oxygen atoms in total. The summed E-state index contributed by atoms with van der Waals surface area (Å²) in [6.07, 6.45) is 1.78. The molecule has 1 amide bonds. The maximum absolute atomic E-state index is 12.0. The van der Waals surface area contributed by atoms with Gasteiger partial charge < -0.3 is 10.2 Å². The number of nitrogens with zero attached hydrogens (tertiary/aromatic N) is 1. The van der Waals surface area contributed by atoms with Gasteiger partial charge in [0.2, 0.25) is 5.91 Å². The average molecular weight is 230 g/mol. The van der Waals surface area contributed by atoms with Crippen molar-refractivity contribution < 1.29 is 4.79 Å². The highest BCUT2D eigenvalue weighted by atomic mass is 16.2. The second kappa shape index (κ2) is 4.15. The van der Waals surface area contributed by atoms with Crippen molar-refractivity contribution in [3.8, 4) is 0 Å². The number of fused-ring (bicyclic) bond motifs is 1. The number of carbonyl (C=O) groups excluding carboxylic acids is 1. The van der Waals surface area contributed by atoms with Gasteiger partial charge in [-0.1, -0.05) is 24.3 Å². The molecule has 0 aromatic heterocycles. The van der Waals surface area contributed by atoms with E-state index in [1.807, 2.05) is 12.1 Å². The summed E-state index contributed by atoms with van der Waals surface area (Å²) in [5, 5.41) is 3.42. The van der Waals surface area contributed by atoms with Crippen molar-refractivity contribution in [2.75, 3.05) is 6.54 Å². The van der Waals surface area contributed by atoms with E-state index >= 15 is 0 Å². The zero-order valence-electron chi connectivity index (χ0n) is 10.1. The molecule has 0 unspecified atom stereocenters. The minimum absolute atomic E-state index is 0.301. The number of rotatable bonds is 2. The molecule has 2 saturated heterocycles. The molecule has 0 bridgehead atoms. The maximum atomic E-state index is 12.0. The highest BCUT2D eigenvalue weighted by Crippen LogP contribution is 2.28. The van der Waals surface area contributed by atoms with Gasteiger partial charge in [-0.15, -0.1) is 0 Å². The topological polar surface area (TPSA) is 32.3 Å². The molecule has 3 heteroatoms. The molecule has 90 valence electrons. The smallest absolute Gasteiger partial charge is 0.224 e. The molecular formula is C14H18N2O. The van der Waals surface area contributed by atoms with E-state index in [0.29, 0.717) is 24.4 Å². The molecule has 2 fully saturated rings. The molecule has 2 aliphatic rings. The highest BCUT2D eigenvalue weighted by Gasteiger charge is 2.42. The van der Waals surface area contributed by atoms with Gasteiger partial charge in [0.25, 0.3) is 0 Å². The Morgan fingerprint density at radius 1 is 1.41 bits per heavy atom. The molecule has 0 aliphatic carbocycles. The van der Waals surface area contributed by atoms with Crippen LogP contribution in [0.25, 0.3) is 0 Å². The quantitative estimate of drug-likeness (QED) is 0.834. The van der Waals surface area contributed by atoms with Crippen LogP contribution in [0.2, 0.25) is 0 Å². The number of carbonyl (C=O) groups is 1. The minimum Gasteiger partial charge on any atom is -0.334 e. The monoisotopic (exact) mass is 230 g/mol. The fourth-order valence-electron chi connectivity index (χ4n) is 3.00. The van der Waals surface area contributed by atoms with Gasteiger partial charge in [-0.2, -0.15) is 0 Å². The van der Waals surface area contributed by atoms with E-state index in [2.05, 4.69) is 29.3 Å². The number of hydrogen-bond donors (Lipinski definition) is 1. The Hall–Kier alpha value is -1.35. The van der Waals surface area contributed by atoms with Crippen molar-refractivity contribution >= 4 is 5.91 Å². The van der Waals surface area contributed by atoms with Crippen LogP contribution in [0.5, 0.6) is 0 Å². The summed E-state index contributed by atoms with van der Waals surface area (Å²) in [6.45, 7) is 3.93. The van der Waals surface area contributed by atoms with E-state index in [1.54, 1.807) is 0 Å². The van der Waals surface area contributed by atoms with Gasteiger partial charge >= 0.3 is 0 Å². The second-order valence-corrected chi connectivity index (χ2v) is 5.07. The summed E-state index contributed by atoms with van der Waals surface area (Å²) in [4.78, 5) is 14.1. The average Bonchev–Trinajstić information content (AvgIpc) is 2.85. The first-order valence-electron chi connectivity index (χ1n) is 6.33. The maximum Gasteiger partial charge on any atom is 0.224 e. The van der Waals surface area contributed by atoms with E-state index in [-0.39, 0.29) is 0 Å². The SMILES string of the molecule is Cc1ccccc1CN1C(=O)C[C@@H]2NCC[C@@H]21. The lowest BCUT2D eigenvalue weighted by atomic mass is 10.1. The highest BCUT2D eigenvalue weighted by molar-refractivity contribution is 5.80. The number of aryl methyl sites for hydroxylation is 1. The van der Waals surface area contributed by atoms with Crippen molar-refractivity contribution in [1.29, 1.82) is 0 Å². The van der Waals surface area contributed by atoms with Crippen molar-refractivity contribution in [3.63, 3.8) is 0 Å². The summed E-state index contributed by atoms with van der Waals surface area (Å²) in [7, 11) is 0. The molecule has 1 aromatic carbocycles. The zero-order chi connectivity index (χ0) is 11.8. The molecule has 2 atom stereocenters. The van der Waals surface area contributed by atoms with Crippen molar-refractivity contribution in [1.82, 2.24) is 10.2 Å². The molecule has 1 N–H and O–H groups in total. The lowest BCUT2D eigenvalue weighted by Gasteiger charge is -2.24. The van der Waals surface area contributed by atoms with Crippen LogP contribution >= 0.6 is 0 Å².